The van der Waals surface area contributed by atoms with Crippen molar-refractivity contribution in [2.24, 2.45) is 0 Å². The summed E-state index contributed by atoms with van der Waals surface area (Å²) in [6.07, 6.45) is 1.63. The van der Waals surface area contributed by atoms with Gasteiger partial charge >= 0.3 is 0 Å². The van der Waals surface area contributed by atoms with Crippen molar-refractivity contribution in [1.29, 1.82) is 0 Å². The zero-order valence-corrected chi connectivity index (χ0v) is 17.0. The van der Waals surface area contributed by atoms with Gasteiger partial charge in [-0.25, -0.2) is 14.1 Å². The first-order valence-electron chi connectivity index (χ1n) is 8.80. The Morgan fingerprint density at radius 3 is 2.59 bits per heavy atom. The molecule has 0 aliphatic rings. The SMILES string of the molecule is Cc1nc(-c2ccc(F)cc2)sc1C(=O)Nc1ccnn1Cc1ccc(Cl)cc1. The Balaban J connectivity index is 1.52. The number of halogens is 2. The normalized spacial score (nSPS) is 10.9. The average molecular weight is 427 g/mol. The van der Waals surface area contributed by atoms with Crippen LogP contribution in [0.5, 0.6) is 0 Å². The third kappa shape index (κ3) is 4.36. The van der Waals surface area contributed by atoms with E-state index in [1.54, 1.807) is 36.0 Å². The molecule has 4 aromatic rings. The van der Waals surface area contributed by atoms with E-state index in [0.717, 1.165) is 11.1 Å². The minimum absolute atomic E-state index is 0.258. The zero-order valence-electron chi connectivity index (χ0n) is 15.4. The summed E-state index contributed by atoms with van der Waals surface area (Å²) in [5.41, 5.74) is 2.41. The van der Waals surface area contributed by atoms with Crippen molar-refractivity contribution in [3.05, 3.63) is 87.8 Å². The molecule has 0 spiro atoms. The van der Waals surface area contributed by atoms with E-state index >= 15 is 0 Å². The van der Waals surface area contributed by atoms with E-state index in [1.807, 2.05) is 24.3 Å². The van der Waals surface area contributed by atoms with Gasteiger partial charge in [0.1, 0.15) is 21.5 Å². The van der Waals surface area contributed by atoms with Gasteiger partial charge in [-0.1, -0.05) is 23.7 Å². The number of benzene rings is 2. The van der Waals surface area contributed by atoms with Crippen LogP contribution >= 0.6 is 22.9 Å². The predicted octanol–water partition coefficient (Wildman–Crippen LogP) is 5.41. The molecule has 29 heavy (non-hydrogen) atoms. The molecule has 0 saturated heterocycles. The summed E-state index contributed by atoms with van der Waals surface area (Å²) in [7, 11) is 0. The van der Waals surface area contributed by atoms with Gasteiger partial charge in [0.2, 0.25) is 0 Å². The van der Waals surface area contributed by atoms with Crippen molar-refractivity contribution in [2.75, 3.05) is 5.32 Å². The Morgan fingerprint density at radius 1 is 1.14 bits per heavy atom. The summed E-state index contributed by atoms with van der Waals surface area (Å²) in [5, 5.41) is 8.52. The third-order valence-electron chi connectivity index (χ3n) is 4.30. The Bertz CT molecular complexity index is 1150. The Hall–Kier alpha value is -3.03. The minimum atomic E-state index is -0.311. The van der Waals surface area contributed by atoms with Gasteiger partial charge in [0, 0.05) is 16.7 Å². The van der Waals surface area contributed by atoms with Gasteiger partial charge in [0.25, 0.3) is 5.91 Å². The fourth-order valence-electron chi connectivity index (χ4n) is 2.82. The summed E-state index contributed by atoms with van der Waals surface area (Å²) in [4.78, 5) is 17.8. The second-order valence-corrected chi connectivity index (χ2v) is 7.83. The number of amides is 1. The number of aryl methyl sites for hydroxylation is 1. The lowest BCUT2D eigenvalue weighted by Gasteiger charge is -2.09. The van der Waals surface area contributed by atoms with Gasteiger partial charge in [-0.15, -0.1) is 11.3 Å². The first-order chi connectivity index (χ1) is 14.0. The molecule has 0 unspecified atom stereocenters. The number of rotatable bonds is 5. The molecule has 2 aromatic heterocycles. The molecule has 5 nitrogen and oxygen atoms in total. The van der Waals surface area contributed by atoms with Gasteiger partial charge in [-0.05, 0) is 48.9 Å². The molecule has 0 bridgehead atoms. The molecular formula is C21H16ClFN4OS. The van der Waals surface area contributed by atoms with E-state index in [1.165, 1.54) is 23.5 Å². The van der Waals surface area contributed by atoms with Gasteiger partial charge in [-0.3, -0.25) is 4.79 Å². The van der Waals surface area contributed by atoms with Crippen LogP contribution in [0.1, 0.15) is 20.9 Å². The second kappa shape index (κ2) is 8.14. The molecule has 0 atom stereocenters. The van der Waals surface area contributed by atoms with Crippen LogP contribution in [0.15, 0.2) is 60.8 Å². The highest BCUT2D eigenvalue weighted by molar-refractivity contribution is 7.17. The Kier molecular flexibility index (Phi) is 5.42. The molecule has 8 heteroatoms. The average Bonchev–Trinajstić information content (AvgIpc) is 3.30. The smallest absolute Gasteiger partial charge is 0.268 e. The molecule has 2 heterocycles. The van der Waals surface area contributed by atoms with Crippen molar-refractivity contribution in [2.45, 2.75) is 13.5 Å². The number of anilines is 1. The molecule has 146 valence electrons. The van der Waals surface area contributed by atoms with E-state index < -0.39 is 0 Å². The van der Waals surface area contributed by atoms with Crippen LogP contribution in [0, 0.1) is 12.7 Å². The van der Waals surface area contributed by atoms with E-state index in [9.17, 15) is 9.18 Å². The van der Waals surface area contributed by atoms with E-state index in [2.05, 4.69) is 15.4 Å². The molecule has 2 aromatic carbocycles. The lowest BCUT2D eigenvalue weighted by molar-refractivity contribution is 0.102. The topological polar surface area (TPSA) is 59.8 Å². The van der Waals surface area contributed by atoms with Gasteiger partial charge in [0.15, 0.2) is 0 Å². The van der Waals surface area contributed by atoms with Crippen LogP contribution in [0.3, 0.4) is 0 Å². The van der Waals surface area contributed by atoms with Gasteiger partial charge in [0.05, 0.1) is 18.4 Å². The molecule has 0 saturated carbocycles. The second-order valence-electron chi connectivity index (χ2n) is 6.40. The maximum Gasteiger partial charge on any atom is 0.268 e. The highest BCUT2D eigenvalue weighted by atomic mass is 35.5. The predicted molar refractivity (Wildman–Crippen MR) is 113 cm³/mol. The molecule has 0 radical (unpaired) electrons. The number of thiazole rings is 1. The molecule has 1 N–H and O–H groups in total. The number of hydrogen-bond donors (Lipinski definition) is 1. The molecule has 1 amide bonds. The number of nitrogens with zero attached hydrogens (tertiary/aromatic N) is 3. The fraction of sp³-hybridized carbons (Fsp3) is 0.0952. The van der Waals surface area contributed by atoms with Gasteiger partial charge in [-0.2, -0.15) is 5.10 Å². The first-order valence-corrected chi connectivity index (χ1v) is 10.00. The summed E-state index contributed by atoms with van der Waals surface area (Å²) >= 11 is 7.20. The third-order valence-corrected chi connectivity index (χ3v) is 5.75. The van der Waals surface area contributed by atoms with Crippen LogP contribution < -0.4 is 5.32 Å². The summed E-state index contributed by atoms with van der Waals surface area (Å²) in [5.74, 6) is 0.0150. The molecule has 0 aliphatic carbocycles. The summed E-state index contributed by atoms with van der Waals surface area (Å²) in [6.45, 7) is 2.28. The van der Waals surface area contributed by atoms with Crippen molar-refractivity contribution >= 4 is 34.7 Å². The fourth-order valence-corrected chi connectivity index (χ4v) is 3.92. The van der Waals surface area contributed by atoms with Crippen LogP contribution in [-0.4, -0.2) is 20.7 Å². The summed E-state index contributed by atoms with van der Waals surface area (Å²) < 4.78 is 14.9. The van der Waals surface area contributed by atoms with Crippen molar-refractivity contribution in [1.82, 2.24) is 14.8 Å². The lowest BCUT2D eigenvalue weighted by Crippen LogP contribution is -2.16. The maximum absolute atomic E-state index is 13.1. The maximum atomic E-state index is 13.1. The quantitative estimate of drug-likeness (QED) is 0.464. The van der Waals surface area contributed by atoms with Crippen LogP contribution in [-0.2, 0) is 6.54 Å². The largest absolute Gasteiger partial charge is 0.306 e. The summed E-state index contributed by atoms with van der Waals surface area (Å²) in [6, 6.07) is 15.3. The standard InChI is InChI=1S/C21H16ClFN4OS/c1-13-19(29-21(25-13)15-4-8-17(23)9-5-15)20(28)26-18-10-11-24-27(18)12-14-2-6-16(22)7-3-14/h2-11H,12H2,1H3,(H,26,28). The highest BCUT2D eigenvalue weighted by Gasteiger charge is 2.18. The minimum Gasteiger partial charge on any atom is -0.306 e. The van der Waals surface area contributed by atoms with E-state index in [0.29, 0.717) is 33.0 Å². The van der Waals surface area contributed by atoms with E-state index in [4.69, 9.17) is 11.6 Å². The monoisotopic (exact) mass is 426 g/mol. The highest BCUT2D eigenvalue weighted by Crippen LogP contribution is 2.28. The number of hydrogen-bond acceptors (Lipinski definition) is 4. The Labute approximate surface area is 175 Å². The molecule has 4 rings (SSSR count). The van der Waals surface area contributed by atoms with Crippen LogP contribution in [0.2, 0.25) is 5.02 Å². The first kappa shape index (κ1) is 19.3. The van der Waals surface area contributed by atoms with Crippen LogP contribution in [0.25, 0.3) is 10.6 Å². The zero-order chi connectivity index (χ0) is 20.4. The number of carbonyl (C=O) groups is 1. The van der Waals surface area contributed by atoms with Crippen molar-refractivity contribution in [3.63, 3.8) is 0 Å². The Morgan fingerprint density at radius 2 is 1.86 bits per heavy atom. The molecular weight excluding hydrogens is 411 g/mol. The molecule has 0 aliphatic heterocycles. The lowest BCUT2D eigenvalue weighted by atomic mass is 10.2. The number of aromatic nitrogens is 3. The van der Waals surface area contributed by atoms with Crippen LogP contribution in [0.4, 0.5) is 10.2 Å². The van der Waals surface area contributed by atoms with Crippen molar-refractivity contribution < 1.29 is 9.18 Å². The van der Waals surface area contributed by atoms with Gasteiger partial charge < -0.3 is 5.32 Å². The molecule has 0 fully saturated rings. The van der Waals surface area contributed by atoms with E-state index in [-0.39, 0.29) is 11.7 Å². The number of nitrogens with one attached hydrogen (secondary N) is 1. The number of carbonyl (C=O) groups excluding carboxylic acids is 1. The van der Waals surface area contributed by atoms with Crippen molar-refractivity contribution in [3.8, 4) is 10.6 Å².